The molecule has 1 aromatic carbocycles. The Labute approximate surface area is 108 Å². The molecule has 0 bridgehead atoms. The molecule has 98 valence electrons. The summed E-state index contributed by atoms with van der Waals surface area (Å²) in [7, 11) is 0. The fraction of sp³-hybridized carbons (Fsp3) is 0.533. The van der Waals surface area contributed by atoms with E-state index in [-0.39, 0.29) is 5.41 Å². The van der Waals surface area contributed by atoms with Gasteiger partial charge in [-0.1, -0.05) is 25.5 Å². The van der Waals surface area contributed by atoms with Crippen LogP contribution in [0.1, 0.15) is 38.2 Å². The Balaban J connectivity index is 2.36. The van der Waals surface area contributed by atoms with Crippen LogP contribution in [0.5, 0.6) is 5.75 Å². The van der Waals surface area contributed by atoms with Crippen LogP contribution in [0.15, 0.2) is 24.3 Å². The van der Waals surface area contributed by atoms with Gasteiger partial charge < -0.3 is 10.0 Å². The summed E-state index contributed by atoms with van der Waals surface area (Å²) in [5.41, 5.74) is 1.15. The molecule has 0 aromatic heterocycles. The quantitative estimate of drug-likeness (QED) is 0.834. The van der Waals surface area contributed by atoms with Crippen molar-refractivity contribution in [2.75, 3.05) is 13.1 Å². The van der Waals surface area contributed by atoms with Gasteiger partial charge in [0.25, 0.3) is 0 Å². The van der Waals surface area contributed by atoms with Crippen LogP contribution in [0, 0.1) is 0 Å². The molecule has 0 radical (unpaired) electrons. The van der Waals surface area contributed by atoms with Gasteiger partial charge in [-0.25, -0.2) is 0 Å². The van der Waals surface area contributed by atoms with Gasteiger partial charge in [-0.15, -0.1) is 0 Å². The number of phenols is 1. The fourth-order valence-electron chi connectivity index (χ4n) is 2.98. The zero-order chi connectivity index (χ0) is 13.0. The third-order valence-electron chi connectivity index (χ3n) is 4.14. The van der Waals surface area contributed by atoms with Crippen molar-refractivity contribution in [2.45, 2.75) is 38.0 Å². The van der Waals surface area contributed by atoms with Gasteiger partial charge in [-0.05, 0) is 37.0 Å². The van der Waals surface area contributed by atoms with Crippen molar-refractivity contribution in [3.63, 3.8) is 0 Å². The molecule has 1 aromatic rings. The van der Waals surface area contributed by atoms with E-state index < -0.39 is 0 Å². The van der Waals surface area contributed by atoms with Crippen molar-refractivity contribution >= 4 is 6.41 Å². The minimum atomic E-state index is -0.00382. The lowest BCUT2D eigenvalue weighted by atomic mass is 9.74. The predicted molar refractivity (Wildman–Crippen MR) is 71.6 cm³/mol. The van der Waals surface area contributed by atoms with E-state index in [1.807, 2.05) is 17.0 Å². The van der Waals surface area contributed by atoms with E-state index in [2.05, 4.69) is 13.0 Å². The number of likely N-dealkylation sites (tertiary alicyclic amines) is 1. The van der Waals surface area contributed by atoms with E-state index in [0.717, 1.165) is 50.7 Å². The summed E-state index contributed by atoms with van der Waals surface area (Å²) >= 11 is 0. The highest BCUT2D eigenvalue weighted by atomic mass is 16.3. The highest BCUT2D eigenvalue weighted by Crippen LogP contribution is 2.37. The van der Waals surface area contributed by atoms with Gasteiger partial charge in [0.1, 0.15) is 5.75 Å². The van der Waals surface area contributed by atoms with Gasteiger partial charge in [0.05, 0.1) is 0 Å². The molecule has 18 heavy (non-hydrogen) atoms. The molecule has 1 fully saturated rings. The Bertz CT molecular complexity index is 419. The van der Waals surface area contributed by atoms with Crippen LogP contribution in [0.2, 0.25) is 0 Å². The molecule has 1 aliphatic heterocycles. The Morgan fingerprint density at radius 2 is 2.28 bits per heavy atom. The summed E-state index contributed by atoms with van der Waals surface area (Å²) in [4.78, 5) is 13.0. The van der Waals surface area contributed by atoms with Crippen molar-refractivity contribution in [1.29, 1.82) is 0 Å². The fourth-order valence-corrected chi connectivity index (χ4v) is 2.98. The number of carbonyl (C=O) groups excluding carboxylic acids is 1. The highest BCUT2D eigenvalue weighted by Gasteiger charge is 2.33. The SMILES string of the molecule is CCC1(c2cccc(O)c2)CCCCN(C=O)C1. The molecular formula is C15H21NO2. The summed E-state index contributed by atoms with van der Waals surface area (Å²) in [5, 5.41) is 9.66. The molecule has 1 aliphatic rings. The average molecular weight is 247 g/mol. The van der Waals surface area contributed by atoms with Gasteiger partial charge in [0.2, 0.25) is 6.41 Å². The van der Waals surface area contributed by atoms with Crippen LogP contribution in [0.25, 0.3) is 0 Å². The van der Waals surface area contributed by atoms with Crippen LogP contribution in [0.4, 0.5) is 0 Å². The number of nitrogens with zero attached hydrogens (tertiary/aromatic N) is 1. The zero-order valence-electron chi connectivity index (χ0n) is 10.9. The summed E-state index contributed by atoms with van der Waals surface area (Å²) < 4.78 is 0. The Hall–Kier alpha value is -1.51. The first-order valence-electron chi connectivity index (χ1n) is 6.69. The third kappa shape index (κ3) is 2.50. The maximum Gasteiger partial charge on any atom is 0.209 e. The number of hydrogen-bond acceptors (Lipinski definition) is 2. The first-order chi connectivity index (χ1) is 8.70. The third-order valence-corrected chi connectivity index (χ3v) is 4.14. The number of carbonyl (C=O) groups is 1. The van der Waals surface area contributed by atoms with Crippen molar-refractivity contribution in [3.05, 3.63) is 29.8 Å². The van der Waals surface area contributed by atoms with E-state index in [1.165, 1.54) is 0 Å². The maximum atomic E-state index is 11.1. The number of benzene rings is 1. The van der Waals surface area contributed by atoms with Crippen molar-refractivity contribution < 1.29 is 9.90 Å². The Morgan fingerprint density at radius 1 is 1.44 bits per heavy atom. The summed E-state index contributed by atoms with van der Waals surface area (Å²) in [6.07, 6.45) is 5.23. The average Bonchev–Trinajstić information content (AvgIpc) is 2.61. The van der Waals surface area contributed by atoms with Crippen molar-refractivity contribution in [3.8, 4) is 5.75 Å². The Kier molecular flexibility index (Phi) is 3.90. The van der Waals surface area contributed by atoms with Crippen molar-refractivity contribution in [1.82, 2.24) is 4.90 Å². The lowest BCUT2D eigenvalue weighted by Gasteiger charge is -2.35. The van der Waals surface area contributed by atoms with Crippen LogP contribution in [0.3, 0.4) is 0 Å². The first-order valence-corrected chi connectivity index (χ1v) is 6.69. The predicted octanol–water partition coefficient (Wildman–Crippen LogP) is 2.68. The lowest BCUT2D eigenvalue weighted by molar-refractivity contribution is -0.118. The second-order valence-electron chi connectivity index (χ2n) is 5.22. The van der Waals surface area contributed by atoms with Crippen molar-refractivity contribution in [2.24, 2.45) is 0 Å². The molecule has 0 spiro atoms. The monoisotopic (exact) mass is 247 g/mol. The number of hydrogen-bond donors (Lipinski definition) is 1. The van der Waals surface area contributed by atoms with Gasteiger partial charge in [-0.3, -0.25) is 4.79 Å². The van der Waals surface area contributed by atoms with Gasteiger partial charge in [0.15, 0.2) is 0 Å². The van der Waals surface area contributed by atoms with Crippen LogP contribution in [-0.4, -0.2) is 29.5 Å². The molecule has 0 aliphatic carbocycles. The summed E-state index contributed by atoms with van der Waals surface area (Å²) in [6, 6.07) is 7.49. The van der Waals surface area contributed by atoms with Gasteiger partial charge in [0, 0.05) is 18.5 Å². The van der Waals surface area contributed by atoms with E-state index in [0.29, 0.717) is 5.75 Å². The van der Waals surface area contributed by atoms with Crippen LogP contribution >= 0.6 is 0 Å². The minimum absolute atomic E-state index is 0.00382. The van der Waals surface area contributed by atoms with E-state index in [1.54, 1.807) is 6.07 Å². The topological polar surface area (TPSA) is 40.5 Å². The number of phenolic OH excluding ortho intramolecular Hbond substituents is 1. The normalized spacial score (nSPS) is 24.6. The smallest absolute Gasteiger partial charge is 0.209 e. The summed E-state index contributed by atoms with van der Waals surface area (Å²) in [5.74, 6) is 0.308. The standard InChI is InChI=1S/C15H21NO2/c1-2-15(13-6-5-7-14(18)10-13)8-3-4-9-16(11-15)12-17/h5-7,10,12,18H,2-4,8-9,11H2,1H3. The molecule has 1 amide bonds. The molecule has 2 rings (SSSR count). The molecule has 3 heteroatoms. The summed E-state index contributed by atoms with van der Waals surface area (Å²) in [6.45, 7) is 3.78. The van der Waals surface area contributed by atoms with E-state index >= 15 is 0 Å². The molecule has 1 heterocycles. The maximum absolute atomic E-state index is 11.1. The second-order valence-corrected chi connectivity index (χ2v) is 5.22. The molecule has 3 nitrogen and oxygen atoms in total. The molecule has 1 saturated heterocycles. The van der Waals surface area contributed by atoms with E-state index in [4.69, 9.17) is 0 Å². The Morgan fingerprint density at radius 3 is 2.94 bits per heavy atom. The van der Waals surface area contributed by atoms with E-state index in [9.17, 15) is 9.90 Å². The molecule has 1 unspecified atom stereocenters. The molecule has 1 atom stereocenters. The first kappa shape index (κ1) is 12.9. The largest absolute Gasteiger partial charge is 0.508 e. The van der Waals surface area contributed by atoms with Gasteiger partial charge >= 0.3 is 0 Å². The van der Waals surface area contributed by atoms with Crippen LogP contribution in [-0.2, 0) is 10.2 Å². The number of amides is 1. The number of aromatic hydroxyl groups is 1. The molecule has 0 saturated carbocycles. The van der Waals surface area contributed by atoms with Crippen LogP contribution < -0.4 is 0 Å². The number of rotatable bonds is 3. The second kappa shape index (κ2) is 5.42. The molecule has 1 N–H and O–H groups in total. The molecular weight excluding hydrogens is 226 g/mol. The van der Waals surface area contributed by atoms with Gasteiger partial charge in [-0.2, -0.15) is 0 Å². The lowest BCUT2D eigenvalue weighted by Crippen LogP contribution is -2.38. The zero-order valence-corrected chi connectivity index (χ0v) is 10.9. The highest BCUT2D eigenvalue weighted by molar-refractivity contribution is 5.48. The minimum Gasteiger partial charge on any atom is -0.508 e.